The van der Waals surface area contributed by atoms with Gasteiger partial charge in [0.2, 0.25) is 0 Å². The molecule has 0 saturated heterocycles. The molecule has 0 aliphatic carbocycles. The van der Waals surface area contributed by atoms with Crippen LogP contribution in [0.3, 0.4) is 0 Å². The summed E-state index contributed by atoms with van der Waals surface area (Å²) < 4.78 is 4.72. The van der Waals surface area contributed by atoms with E-state index in [1.54, 1.807) is 0 Å². The molecule has 0 spiro atoms. The van der Waals surface area contributed by atoms with Gasteiger partial charge in [-0.25, -0.2) is 9.78 Å². The zero-order chi connectivity index (χ0) is 12.3. The van der Waals surface area contributed by atoms with E-state index in [2.05, 4.69) is 10.3 Å². The Balaban J connectivity index is 3.05. The van der Waals surface area contributed by atoms with Crippen LogP contribution in [0.25, 0.3) is 0 Å². The highest BCUT2D eigenvalue weighted by atomic mass is 32.1. The summed E-state index contributed by atoms with van der Waals surface area (Å²) in [6.07, 6.45) is 0. The first kappa shape index (κ1) is 13.0. The highest BCUT2D eigenvalue weighted by Crippen LogP contribution is 2.30. The van der Waals surface area contributed by atoms with E-state index < -0.39 is 0 Å². The lowest BCUT2D eigenvalue weighted by Crippen LogP contribution is -2.10. The Morgan fingerprint density at radius 3 is 2.44 bits per heavy atom. The molecular formula is C11H18N2O2S. The first-order valence-corrected chi connectivity index (χ1v) is 6.13. The Bertz CT molecular complexity index is 372. The van der Waals surface area contributed by atoms with Gasteiger partial charge in [-0.15, -0.1) is 11.3 Å². The number of carbonyl (C=O) groups excluding carboxylic acids is 1. The number of aromatic nitrogens is 1. The number of ether oxygens (including phenoxy) is 1. The van der Waals surface area contributed by atoms with Gasteiger partial charge in [0, 0.05) is 10.9 Å². The van der Waals surface area contributed by atoms with Crippen LogP contribution in [0.5, 0.6) is 0 Å². The second-order valence-electron chi connectivity index (χ2n) is 4.18. The molecule has 0 unspecified atom stereocenters. The lowest BCUT2D eigenvalue weighted by Gasteiger charge is -2.04. The standard InChI is InChI=1S/C11H18N2O2S/c1-6(2)9-8(10(14)15-5)13-11(16-9)12-7(3)4/h6-7H,1-5H3,(H,12,13). The minimum absolute atomic E-state index is 0.273. The zero-order valence-corrected chi connectivity index (χ0v) is 11.1. The fraction of sp³-hybridized carbons (Fsp3) is 0.636. The molecule has 0 atom stereocenters. The minimum atomic E-state index is -0.364. The second kappa shape index (κ2) is 5.30. The quantitative estimate of drug-likeness (QED) is 0.825. The first-order valence-electron chi connectivity index (χ1n) is 5.31. The van der Waals surface area contributed by atoms with E-state index >= 15 is 0 Å². The number of rotatable bonds is 4. The van der Waals surface area contributed by atoms with Crippen molar-refractivity contribution in [3.8, 4) is 0 Å². The van der Waals surface area contributed by atoms with Crippen molar-refractivity contribution in [2.24, 2.45) is 0 Å². The molecule has 0 bridgehead atoms. The molecule has 1 heterocycles. The van der Waals surface area contributed by atoms with Crippen LogP contribution in [0.2, 0.25) is 0 Å². The number of hydrogen-bond acceptors (Lipinski definition) is 5. The Morgan fingerprint density at radius 1 is 1.38 bits per heavy atom. The van der Waals surface area contributed by atoms with Gasteiger partial charge >= 0.3 is 5.97 Å². The molecule has 0 amide bonds. The smallest absolute Gasteiger partial charge is 0.357 e. The maximum Gasteiger partial charge on any atom is 0.357 e. The van der Waals surface area contributed by atoms with Crippen molar-refractivity contribution in [2.45, 2.75) is 39.7 Å². The summed E-state index contributed by atoms with van der Waals surface area (Å²) in [4.78, 5) is 16.8. The number of nitrogens with one attached hydrogen (secondary N) is 1. The summed E-state index contributed by atoms with van der Waals surface area (Å²) >= 11 is 1.52. The average Bonchev–Trinajstić information content (AvgIpc) is 2.59. The van der Waals surface area contributed by atoms with Gasteiger partial charge in [0.15, 0.2) is 10.8 Å². The topological polar surface area (TPSA) is 51.2 Å². The highest BCUT2D eigenvalue weighted by Gasteiger charge is 2.20. The maximum absolute atomic E-state index is 11.5. The fourth-order valence-corrected chi connectivity index (χ4v) is 2.38. The maximum atomic E-state index is 11.5. The summed E-state index contributed by atoms with van der Waals surface area (Å²) in [5, 5.41) is 3.98. The molecule has 0 radical (unpaired) electrons. The van der Waals surface area contributed by atoms with Crippen LogP contribution in [0.1, 0.15) is 49.0 Å². The molecule has 1 rings (SSSR count). The molecular weight excluding hydrogens is 224 g/mol. The second-order valence-corrected chi connectivity index (χ2v) is 5.21. The Kier molecular flexibility index (Phi) is 4.29. The summed E-state index contributed by atoms with van der Waals surface area (Å²) in [6, 6.07) is 0.302. The molecule has 4 nitrogen and oxygen atoms in total. The Morgan fingerprint density at radius 2 is 2.00 bits per heavy atom. The van der Waals surface area contributed by atoms with E-state index in [1.807, 2.05) is 27.7 Å². The molecule has 16 heavy (non-hydrogen) atoms. The van der Waals surface area contributed by atoms with Crippen molar-refractivity contribution in [3.05, 3.63) is 10.6 Å². The lowest BCUT2D eigenvalue weighted by molar-refractivity contribution is 0.0593. The van der Waals surface area contributed by atoms with Gasteiger partial charge in [-0.1, -0.05) is 13.8 Å². The predicted octanol–water partition coefficient (Wildman–Crippen LogP) is 2.87. The van der Waals surface area contributed by atoms with Crippen molar-refractivity contribution in [3.63, 3.8) is 0 Å². The summed E-state index contributed by atoms with van der Waals surface area (Å²) in [5.41, 5.74) is 0.436. The van der Waals surface area contributed by atoms with Crippen molar-refractivity contribution in [1.29, 1.82) is 0 Å². The van der Waals surface area contributed by atoms with Gasteiger partial charge in [-0.05, 0) is 19.8 Å². The summed E-state index contributed by atoms with van der Waals surface area (Å²) in [7, 11) is 1.38. The van der Waals surface area contributed by atoms with Crippen LogP contribution in [-0.4, -0.2) is 24.1 Å². The minimum Gasteiger partial charge on any atom is -0.464 e. The van der Waals surface area contributed by atoms with Crippen LogP contribution in [0, 0.1) is 0 Å². The van der Waals surface area contributed by atoms with Crippen LogP contribution in [0.4, 0.5) is 5.13 Å². The molecule has 0 aliphatic rings. The molecule has 5 heteroatoms. The van der Waals surface area contributed by atoms with Gasteiger partial charge in [-0.3, -0.25) is 0 Å². The van der Waals surface area contributed by atoms with E-state index in [4.69, 9.17) is 4.74 Å². The van der Waals surface area contributed by atoms with Crippen LogP contribution >= 0.6 is 11.3 Å². The number of nitrogens with zero attached hydrogens (tertiary/aromatic N) is 1. The molecule has 0 aromatic carbocycles. The number of thiazole rings is 1. The average molecular weight is 242 g/mol. The van der Waals surface area contributed by atoms with Gasteiger partial charge < -0.3 is 10.1 Å². The van der Waals surface area contributed by atoms with Crippen LogP contribution in [0.15, 0.2) is 0 Å². The molecule has 0 saturated carbocycles. The van der Waals surface area contributed by atoms with E-state index in [9.17, 15) is 4.79 Å². The van der Waals surface area contributed by atoms with Gasteiger partial charge in [0.1, 0.15) is 0 Å². The normalized spacial score (nSPS) is 10.9. The third-order valence-electron chi connectivity index (χ3n) is 1.97. The van der Waals surface area contributed by atoms with Crippen molar-refractivity contribution in [2.75, 3.05) is 12.4 Å². The summed E-state index contributed by atoms with van der Waals surface area (Å²) in [6.45, 7) is 8.15. The number of methoxy groups -OCH3 is 1. The van der Waals surface area contributed by atoms with E-state index in [-0.39, 0.29) is 11.9 Å². The molecule has 1 N–H and O–H groups in total. The van der Waals surface area contributed by atoms with E-state index in [0.717, 1.165) is 10.0 Å². The first-order chi connectivity index (χ1) is 7.45. The van der Waals surface area contributed by atoms with Crippen LogP contribution in [-0.2, 0) is 4.74 Å². The number of carbonyl (C=O) groups is 1. The fourth-order valence-electron chi connectivity index (χ4n) is 1.27. The highest BCUT2D eigenvalue weighted by molar-refractivity contribution is 7.16. The molecule has 0 aliphatic heterocycles. The molecule has 1 aromatic heterocycles. The summed E-state index contributed by atoms with van der Waals surface area (Å²) in [5.74, 6) is -0.0916. The lowest BCUT2D eigenvalue weighted by atomic mass is 10.1. The van der Waals surface area contributed by atoms with Crippen molar-refractivity contribution in [1.82, 2.24) is 4.98 Å². The number of esters is 1. The monoisotopic (exact) mass is 242 g/mol. The molecule has 0 fully saturated rings. The van der Waals surface area contributed by atoms with Crippen molar-refractivity contribution < 1.29 is 9.53 Å². The third-order valence-corrected chi connectivity index (χ3v) is 3.26. The number of hydrogen-bond donors (Lipinski definition) is 1. The zero-order valence-electron chi connectivity index (χ0n) is 10.3. The third kappa shape index (κ3) is 2.95. The van der Waals surface area contributed by atoms with E-state index in [1.165, 1.54) is 18.4 Å². The Hall–Kier alpha value is -1.10. The van der Waals surface area contributed by atoms with Gasteiger partial charge in [0.25, 0.3) is 0 Å². The van der Waals surface area contributed by atoms with E-state index in [0.29, 0.717) is 11.7 Å². The molecule has 90 valence electrons. The van der Waals surface area contributed by atoms with Gasteiger partial charge in [-0.2, -0.15) is 0 Å². The largest absolute Gasteiger partial charge is 0.464 e. The SMILES string of the molecule is COC(=O)c1nc(NC(C)C)sc1C(C)C. The van der Waals surface area contributed by atoms with Crippen molar-refractivity contribution >= 4 is 22.4 Å². The molecule has 1 aromatic rings. The van der Waals surface area contributed by atoms with Crippen LogP contribution < -0.4 is 5.32 Å². The number of anilines is 1. The predicted molar refractivity (Wildman–Crippen MR) is 66.3 cm³/mol. The van der Waals surface area contributed by atoms with Gasteiger partial charge in [0.05, 0.1) is 7.11 Å². The Labute approximate surface area is 100 Å².